The molecule has 7 heteroatoms. The number of aromatic nitrogens is 1. The molecule has 0 fully saturated rings. The second-order valence-electron chi connectivity index (χ2n) is 3.96. The molecule has 6 nitrogen and oxygen atoms in total. The van der Waals surface area contributed by atoms with Gasteiger partial charge in [0.25, 0.3) is 0 Å². The smallest absolute Gasteiger partial charge is 0.311 e. The summed E-state index contributed by atoms with van der Waals surface area (Å²) in [5.41, 5.74) is 0.874. The number of rotatable bonds is 3. The normalized spacial score (nSPS) is 9.85. The van der Waals surface area contributed by atoms with Crippen LogP contribution in [0, 0.1) is 28.4 Å². The standard InChI is InChI=1S/C13H8ClN3O3/c1-8-2-3-10(17(18)19)11(4-8)20-13-6-9(7-15)5-12(14)16-13/h2-6H,1H3. The number of hydrogen-bond acceptors (Lipinski definition) is 5. The highest BCUT2D eigenvalue weighted by molar-refractivity contribution is 6.29. The van der Waals surface area contributed by atoms with Crippen LogP contribution in [0.15, 0.2) is 30.3 Å². The predicted octanol–water partition coefficient (Wildman–Crippen LogP) is 3.62. The molecule has 1 aromatic carbocycles. The molecule has 2 rings (SSSR count). The van der Waals surface area contributed by atoms with Crippen LogP contribution in [0.25, 0.3) is 0 Å². The molecule has 0 N–H and O–H groups in total. The summed E-state index contributed by atoms with van der Waals surface area (Å²) in [6.07, 6.45) is 0. The summed E-state index contributed by atoms with van der Waals surface area (Å²) in [7, 11) is 0. The van der Waals surface area contributed by atoms with Gasteiger partial charge in [0, 0.05) is 12.1 Å². The number of halogens is 1. The summed E-state index contributed by atoms with van der Waals surface area (Å²) in [5, 5.41) is 19.9. The van der Waals surface area contributed by atoms with Crippen LogP contribution in [0.4, 0.5) is 5.69 Å². The first-order chi connectivity index (χ1) is 9.49. The van der Waals surface area contributed by atoms with E-state index in [-0.39, 0.29) is 28.0 Å². The van der Waals surface area contributed by atoms with Crippen molar-refractivity contribution >= 4 is 17.3 Å². The number of nitro groups is 1. The predicted molar refractivity (Wildman–Crippen MR) is 71.9 cm³/mol. The molecule has 0 aliphatic heterocycles. The fourth-order valence-corrected chi connectivity index (χ4v) is 1.76. The van der Waals surface area contributed by atoms with Crippen LogP contribution in [0.5, 0.6) is 11.6 Å². The van der Waals surface area contributed by atoms with E-state index in [0.717, 1.165) is 5.56 Å². The lowest BCUT2D eigenvalue weighted by Crippen LogP contribution is -1.96. The topological polar surface area (TPSA) is 89.0 Å². The van der Waals surface area contributed by atoms with Crippen LogP contribution >= 0.6 is 11.6 Å². The fraction of sp³-hybridized carbons (Fsp3) is 0.0769. The summed E-state index contributed by atoms with van der Waals surface area (Å²) >= 11 is 5.75. The molecule has 1 heterocycles. The SMILES string of the molecule is Cc1ccc([N+](=O)[O-])c(Oc2cc(C#N)cc(Cl)n2)c1. The summed E-state index contributed by atoms with van der Waals surface area (Å²) in [5.74, 6) is 0.0800. The minimum Gasteiger partial charge on any atom is -0.432 e. The molecular formula is C13H8ClN3O3. The zero-order chi connectivity index (χ0) is 14.7. The maximum Gasteiger partial charge on any atom is 0.311 e. The molecule has 0 aliphatic carbocycles. The monoisotopic (exact) mass is 289 g/mol. The van der Waals surface area contributed by atoms with Crippen molar-refractivity contribution in [1.29, 1.82) is 5.26 Å². The van der Waals surface area contributed by atoms with Gasteiger partial charge in [-0.05, 0) is 24.6 Å². The first-order valence-corrected chi connectivity index (χ1v) is 5.88. The third-order valence-electron chi connectivity index (χ3n) is 2.43. The molecule has 100 valence electrons. The largest absolute Gasteiger partial charge is 0.432 e. The maximum absolute atomic E-state index is 10.9. The van der Waals surface area contributed by atoms with Gasteiger partial charge in [0.2, 0.25) is 11.6 Å². The van der Waals surface area contributed by atoms with E-state index in [1.165, 1.54) is 24.3 Å². The fourth-order valence-electron chi connectivity index (χ4n) is 1.56. The van der Waals surface area contributed by atoms with Gasteiger partial charge in [-0.1, -0.05) is 17.7 Å². The van der Waals surface area contributed by atoms with Crippen molar-refractivity contribution in [1.82, 2.24) is 4.98 Å². The molecule has 0 spiro atoms. The van der Waals surface area contributed by atoms with Gasteiger partial charge < -0.3 is 4.74 Å². The number of aryl methyl sites for hydroxylation is 1. The average Bonchev–Trinajstić information content (AvgIpc) is 2.37. The molecule has 2 aromatic rings. The molecule has 0 bridgehead atoms. The van der Waals surface area contributed by atoms with E-state index in [4.69, 9.17) is 21.6 Å². The second kappa shape index (κ2) is 5.55. The molecule has 0 aliphatic rings. The highest BCUT2D eigenvalue weighted by Gasteiger charge is 2.16. The third kappa shape index (κ3) is 3.02. The van der Waals surface area contributed by atoms with Gasteiger partial charge in [-0.15, -0.1) is 0 Å². The van der Waals surface area contributed by atoms with Crippen molar-refractivity contribution in [3.05, 3.63) is 56.7 Å². The summed E-state index contributed by atoms with van der Waals surface area (Å²) < 4.78 is 5.39. The van der Waals surface area contributed by atoms with Gasteiger partial charge in [-0.2, -0.15) is 5.26 Å². The van der Waals surface area contributed by atoms with E-state index in [1.54, 1.807) is 13.0 Å². The summed E-state index contributed by atoms with van der Waals surface area (Å²) in [6.45, 7) is 1.78. The maximum atomic E-state index is 10.9. The van der Waals surface area contributed by atoms with Gasteiger partial charge in [0.05, 0.1) is 16.6 Å². The van der Waals surface area contributed by atoms with Gasteiger partial charge in [0.15, 0.2) is 0 Å². The lowest BCUT2D eigenvalue weighted by molar-refractivity contribution is -0.385. The number of benzene rings is 1. The number of hydrogen-bond donors (Lipinski definition) is 0. The Bertz CT molecular complexity index is 725. The van der Waals surface area contributed by atoms with Crippen molar-refractivity contribution in [2.75, 3.05) is 0 Å². The first-order valence-electron chi connectivity index (χ1n) is 5.50. The van der Waals surface area contributed by atoms with Crippen LogP contribution in [0.1, 0.15) is 11.1 Å². The van der Waals surface area contributed by atoms with Crippen molar-refractivity contribution in [3.8, 4) is 17.7 Å². The molecule has 0 unspecified atom stereocenters. The van der Waals surface area contributed by atoms with Gasteiger partial charge in [-0.25, -0.2) is 4.98 Å². The molecule has 1 aromatic heterocycles. The third-order valence-corrected chi connectivity index (χ3v) is 2.62. The van der Waals surface area contributed by atoms with Crippen LogP contribution in [-0.4, -0.2) is 9.91 Å². The molecular weight excluding hydrogens is 282 g/mol. The number of nitriles is 1. The van der Waals surface area contributed by atoms with Crippen LogP contribution in [-0.2, 0) is 0 Å². The van der Waals surface area contributed by atoms with E-state index >= 15 is 0 Å². The Kier molecular flexibility index (Phi) is 3.82. The van der Waals surface area contributed by atoms with E-state index in [0.29, 0.717) is 0 Å². The van der Waals surface area contributed by atoms with E-state index < -0.39 is 4.92 Å². The average molecular weight is 290 g/mol. The quantitative estimate of drug-likeness (QED) is 0.489. The Hall–Kier alpha value is -2.65. The van der Waals surface area contributed by atoms with E-state index in [2.05, 4.69) is 4.98 Å². The zero-order valence-electron chi connectivity index (χ0n) is 10.3. The highest BCUT2D eigenvalue weighted by Crippen LogP contribution is 2.32. The summed E-state index contributed by atoms with van der Waals surface area (Å²) in [4.78, 5) is 14.3. The minimum atomic E-state index is -0.551. The number of pyridine rings is 1. The molecule has 0 saturated heterocycles. The van der Waals surface area contributed by atoms with Gasteiger partial charge in [0.1, 0.15) is 5.15 Å². The molecule has 0 amide bonds. The van der Waals surface area contributed by atoms with Crippen LogP contribution in [0.2, 0.25) is 5.15 Å². The van der Waals surface area contributed by atoms with E-state index in [9.17, 15) is 10.1 Å². The lowest BCUT2D eigenvalue weighted by Gasteiger charge is -2.07. The van der Waals surface area contributed by atoms with Gasteiger partial charge in [-0.3, -0.25) is 10.1 Å². The molecule has 0 radical (unpaired) electrons. The van der Waals surface area contributed by atoms with Crippen LogP contribution < -0.4 is 4.74 Å². The molecule has 0 saturated carbocycles. The van der Waals surface area contributed by atoms with Crippen molar-refractivity contribution in [2.45, 2.75) is 6.92 Å². The Morgan fingerprint density at radius 1 is 1.40 bits per heavy atom. The van der Waals surface area contributed by atoms with Gasteiger partial charge >= 0.3 is 5.69 Å². The molecule has 0 atom stereocenters. The Morgan fingerprint density at radius 2 is 2.15 bits per heavy atom. The summed E-state index contributed by atoms with van der Waals surface area (Å²) in [6, 6.07) is 9.11. The van der Waals surface area contributed by atoms with Crippen molar-refractivity contribution < 1.29 is 9.66 Å². The minimum absolute atomic E-state index is 0.0303. The Balaban J connectivity index is 2.44. The number of nitro benzene ring substituents is 1. The Labute approximate surface area is 119 Å². The Morgan fingerprint density at radius 3 is 2.80 bits per heavy atom. The van der Waals surface area contributed by atoms with Crippen LogP contribution in [0.3, 0.4) is 0 Å². The first kappa shape index (κ1) is 13.8. The van der Waals surface area contributed by atoms with E-state index in [1.807, 2.05) is 6.07 Å². The van der Waals surface area contributed by atoms with Crippen molar-refractivity contribution in [3.63, 3.8) is 0 Å². The number of ether oxygens (including phenoxy) is 1. The zero-order valence-corrected chi connectivity index (χ0v) is 11.1. The highest BCUT2D eigenvalue weighted by atomic mass is 35.5. The molecule has 20 heavy (non-hydrogen) atoms. The lowest BCUT2D eigenvalue weighted by atomic mass is 10.2. The second-order valence-corrected chi connectivity index (χ2v) is 4.35. The number of nitrogens with zero attached hydrogens (tertiary/aromatic N) is 3. The van der Waals surface area contributed by atoms with Crippen molar-refractivity contribution in [2.24, 2.45) is 0 Å².